The van der Waals surface area contributed by atoms with Crippen molar-refractivity contribution in [3.8, 4) is 0 Å². The highest BCUT2D eigenvalue weighted by atomic mass is 35.5. The SMILES string of the molecule is CC(C)N(CCC(=O)O)C(=O)CCc1ccccc1Cl. The standard InChI is InChI=1S/C15H20ClNO3/c1-11(2)17(10-9-15(19)20)14(18)8-7-12-5-3-4-6-13(12)16/h3-6,11H,7-10H2,1-2H3,(H,19,20). The molecule has 0 saturated heterocycles. The van der Waals surface area contributed by atoms with Gasteiger partial charge in [0.05, 0.1) is 6.42 Å². The summed E-state index contributed by atoms with van der Waals surface area (Å²) in [4.78, 5) is 24.4. The molecule has 1 amide bonds. The van der Waals surface area contributed by atoms with E-state index in [1.54, 1.807) is 11.0 Å². The highest BCUT2D eigenvalue weighted by molar-refractivity contribution is 6.31. The molecule has 0 aromatic heterocycles. The Balaban J connectivity index is 2.58. The van der Waals surface area contributed by atoms with Crippen molar-refractivity contribution >= 4 is 23.5 Å². The van der Waals surface area contributed by atoms with E-state index in [0.29, 0.717) is 17.9 Å². The molecular weight excluding hydrogens is 278 g/mol. The summed E-state index contributed by atoms with van der Waals surface area (Å²) in [6, 6.07) is 7.42. The second-order valence-electron chi connectivity index (χ2n) is 4.92. The number of carbonyl (C=O) groups is 2. The van der Waals surface area contributed by atoms with Gasteiger partial charge in [-0.2, -0.15) is 0 Å². The van der Waals surface area contributed by atoms with Gasteiger partial charge in [0.15, 0.2) is 0 Å². The summed E-state index contributed by atoms with van der Waals surface area (Å²) in [5, 5.41) is 9.37. The average Bonchev–Trinajstić information content (AvgIpc) is 2.37. The van der Waals surface area contributed by atoms with Crippen LogP contribution in [0.15, 0.2) is 24.3 Å². The van der Waals surface area contributed by atoms with Gasteiger partial charge in [-0.3, -0.25) is 9.59 Å². The lowest BCUT2D eigenvalue weighted by molar-refractivity contribution is -0.139. The van der Waals surface area contributed by atoms with Crippen molar-refractivity contribution in [1.82, 2.24) is 4.90 Å². The number of carboxylic acids is 1. The number of carboxylic acid groups (broad SMARTS) is 1. The molecule has 0 aliphatic heterocycles. The van der Waals surface area contributed by atoms with E-state index in [1.807, 2.05) is 32.0 Å². The zero-order valence-electron chi connectivity index (χ0n) is 11.8. The maximum atomic E-state index is 12.2. The van der Waals surface area contributed by atoms with Gasteiger partial charge in [-0.15, -0.1) is 0 Å². The first-order valence-corrected chi connectivity index (χ1v) is 7.04. The van der Waals surface area contributed by atoms with Crippen LogP contribution in [0.2, 0.25) is 5.02 Å². The first-order chi connectivity index (χ1) is 9.41. The number of halogens is 1. The van der Waals surface area contributed by atoms with Crippen LogP contribution in [0.3, 0.4) is 0 Å². The molecule has 5 heteroatoms. The molecule has 1 aromatic rings. The van der Waals surface area contributed by atoms with Crippen LogP contribution in [-0.2, 0) is 16.0 Å². The van der Waals surface area contributed by atoms with E-state index in [9.17, 15) is 9.59 Å². The molecule has 1 N–H and O–H groups in total. The third-order valence-electron chi connectivity index (χ3n) is 3.08. The van der Waals surface area contributed by atoms with E-state index in [4.69, 9.17) is 16.7 Å². The fourth-order valence-electron chi connectivity index (χ4n) is 1.97. The van der Waals surface area contributed by atoms with E-state index in [1.165, 1.54) is 0 Å². The Labute approximate surface area is 124 Å². The molecule has 0 saturated carbocycles. The summed E-state index contributed by atoms with van der Waals surface area (Å²) in [6.07, 6.45) is 0.867. The topological polar surface area (TPSA) is 57.6 Å². The molecule has 4 nitrogen and oxygen atoms in total. The molecule has 0 aliphatic rings. The molecular formula is C15H20ClNO3. The van der Waals surface area contributed by atoms with Gasteiger partial charge in [-0.1, -0.05) is 29.8 Å². The highest BCUT2D eigenvalue weighted by Gasteiger charge is 2.17. The van der Waals surface area contributed by atoms with E-state index in [-0.39, 0.29) is 24.9 Å². The van der Waals surface area contributed by atoms with Crippen LogP contribution in [0.25, 0.3) is 0 Å². The van der Waals surface area contributed by atoms with Crippen LogP contribution < -0.4 is 0 Å². The number of aryl methyl sites for hydroxylation is 1. The summed E-state index contributed by atoms with van der Waals surface area (Å²) >= 11 is 6.05. The minimum atomic E-state index is -0.894. The third-order valence-corrected chi connectivity index (χ3v) is 3.45. The number of hydrogen-bond donors (Lipinski definition) is 1. The number of benzene rings is 1. The Morgan fingerprint density at radius 1 is 1.25 bits per heavy atom. The van der Waals surface area contributed by atoms with Crippen molar-refractivity contribution in [1.29, 1.82) is 0 Å². The quantitative estimate of drug-likeness (QED) is 0.842. The Morgan fingerprint density at radius 2 is 1.90 bits per heavy atom. The van der Waals surface area contributed by atoms with Crippen LogP contribution in [0.4, 0.5) is 0 Å². The molecule has 110 valence electrons. The van der Waals surface area contributed by atoms with Crippen LogP contribution >= 0.6 is 11.6 Å². The molecule has 0 bridgehead atoms. The predicted molar refractivity (Wildman–Crippen MR) is 78.9 cm³/mol. The predicted octanol–water partition coefficient (Wildman–Crippen LogP) is 2.98. The molecule has 0 spiro atoms. The van der Waals surface area contributed by atoms with Crippen LogP contribution in [0, 0.1) is 0 Å². The lowest BCUT2D eigenvalue weighted by atomic mass is 10.1. The summed E-state index contributed by atoms with van der Waals surface area (Å²) in [6.45, 7) is 4.01. The van der Waals surface area contributed by atoms with Gasteiger partial charge >= 0.3 is 5.97 Å². The molecule has 0 radical (unpaired) electrons. The van der Waals surface area contributed by atoms with Crippen molar-refractivity contribution in [2.75, 3.05) is 6.54 Å². The van der Waals surface area contributed by atoms with Gasteiger partial charge in [0.1, 0.15) is 0 Å². The molecule has 0 unspecified atom stereocenters. The molecule has 0 aliphatic carbocycles. The minimum Gasteiger partial charge on any atom is -0.481 e. The maximum Gasteiger partial charge on any atom is 0.305 e. The molecule has 0 heterocycles. The Bertz CT molecular complexity index is 474. The lowest BCUT2D eigenvalue weighted by Crippen LogP contribution is -2.38. The summed E-state index contributed by atoms with van der Waals surface area (Å²) < 4.78 is 0. The third kappa shape index (κ3) is 5.21. The zero-order valence-corrected chi connectivity index (χ0v) is 12.6. The number of amides is 1. The van der Waals surface area contributed by atoms with E-state index in [2.05, 4.69) is 0 Å². The number of aliphatic carboxylic acids is 1. The number of nitrogens with zero attached hydrogens (tertiary/aromatic N) is 1. The van der Waals surface area contributed by atoms with Gasteiger partial charge in [0.25, 0.3) is 0 Å². The Hall–Kier alpha value is -1.55. The van der Waals surface area contributed by atoms with Crippen LogP contribution in [0.1, 0.15) is 32.3 Å². The largest absolute Gasteiger partial charge is 0.481 e. The van der Waals surface area contributed by atoms with Crippen molar-refractivity contribution in [2.45, 2.75) is 39.2 Å². The molecule has 1 rings (SSSR count). The first-order valence-electron chi connectivity index (χ1n) is 6.66. The average molecular weight is 298 g/mol. The Morgan fingerprint density at radius 3 is 2.45 bits per heavy atom. The summed E-state index contributed by atoms with van der Waals surface area (Å²) in [7, 11) is 0. The first kappa shape index (κ1) is 16.5. The number of carbonyl (C=O) groups excluding carboxylic acids is 1. The second kappa shape index (κ2) is 7.90. The smallest absolute Gasteiger partial charge is 0.305 e. The fraction of sp³-hybridized carbons (Fsp3) is 0.467. The van der Waals surface area contributed by atoms with Gasteiger partial charge < -0.3 is 10.0 Å². The Kier molecular flexibility index (Phi) is 6.52. The normalized spacial score (nSPS) is 10.6. The second-order valence-corrected chi connectivity index (χ2v) is 5.32. The molecule has 0 atom stereocenters. The van der Waals surface area contributed by atoms with Crippen molar-refractivity contribution in [3.05, 3.63) is 34.9 Å². The van der Waals surface area contributed by atoms with Crippen LogP contribution in [-0.4, -0.2) is 34.5 Å². The van der Waals surface area contributed by atoms with E-state index in [0.717, 1.165) is 5.56 Å². The van der Waals surface area contributed by atoms with Gasteiger partial charge in [-0.25, -0.2) is 0 Å². The number of hydrogen-bond acceptors (Lipinski definition) is 2. The van der Waals surface area contributed by atoms with Gasteiger partial charge in [0, 0.05) is 24.0 Å². The maximum absolute atomic E-state index is 12.2. The van der Waals surface area contributed by atoms with Crippen molar-refractivity contribution < 1.29 is 14.7 Å². The van der Waals surface area contributed by atoms with Gasteiger partial charge in [-0.05, 0) is 31.9 Å². The number of rotatable bonds is 7. The van der Waals surface area contributed by atoms with Crippen molar-refractivity contribution in [2.24, 2.45) is 0 Å². The lowest BCUT2D eigenvalue weighted by Gasteiger charge is -2.26. The highest BCUT2D eigenvalue weighted by Crippen LogP contribution is 2.17. The van der Waals surface area contributed by atoms with E-state index >= 15 is 0 Å². The zero-order chi connectivity index (χ0) is 15.1. The van der Waals surface area contributed by atoms with Crippen molar-refractivity contribution in [3.63, 3.8) is 0 Å². The molecule has 20 heavy (non-hydrogen) atoms. The minimum absolute atomic E-state index is 0.00639. The molecule has 1 aromatic carbocycles. The monoisotopic (exact) mass is 297 g/mol. The fourth-order valence-corrected chi connectivity index (χ4v) is 2.20. The summed E-state index contributed by atoms with van der Waals surface area (Å²) in [5.74, 6) is -0.935. The molecule has 0 fully saturated rings. The van der Waals surface area contributed by atoms with Gasteiger partial charge in [0.2, 0.25) is 5.91 Å². The van der Waals surface area contributed by atoms with Crippen LogP contribution in [0.5, 0.6) is 0 Å². The van der Waals surface area contributed by atoms with E-state index < -0.39 is 5.97 Å². The summed E-state index contributed by atoms with van der Waals surface area (Å²) in [5.41, 5.74) is 0.935.